The van der Waals surface area contributed by atoms with Crippen LogP contribution in [-0.4, -0.2) is 0 Å². The van der Waals surface area contributed by atoms with E-state index in [9.17, 15) is 0 Å². The summed E-state index contributed by atoms with van der Waals surface area (Å²) in [5.41, 5.74) is 1.13. The molecule has 106 valence electrons. The molecule has 3 aromatic rings. The summed E-state index contributed by atoms with van der Waals surface area (Å²) < 4.78 is 11.4. The maximum Gasteiger partial charge on any atom is 0.127 e. The summed E-state index contributed by atoms with van der Waals surface area (Å²) in [7, 11) is 0. The highest BCUT2D eigenvalue weighted by Crippen LogP contribution is 2.33. The standard InChI is InChI=1S/C18H15BrO2/c1-13-7-12-17(20-13)18(19)14-8-10-16(11-9-14)21-15-5-3-2-4-6-15/h2-12,18H,1H3. The van der Waals surface area contributed by atoms with E-state index in [4.69, 9.17) is 9.15 Å². The molecule has 3 rings (SSSR count). The molecule has 0 aliphatic heterocycles. The number of hydrogen-bond acceptors (Lipinski definition) is 2. The van der Waals surface area contributed by atoms with E-state index in [0.717, 1.165) is 28.6 Å². The third-order valence-corrected chi connectivity index (χ3v) is 4.14. The Morgan fingerprint density at radius 3 is 2.14 bits per heavy atom. The predicted octanol–water partition coefficient (Wildman–Crippen LogP) is 5.86. The lowest BCUT2D eigenvalue weighted by Gasteiger charge is -2.09. The Morgan fingerprint density at radius 1 is 0.857 bits per heavy atom. The van der Waals surface area contributed by atoms with Crippen LogP contribution in [0, 0.1) is 6.92 Å². The van der Waals surface area contributed by atoms with Crippen LogP contribution in [0.3, 0.4) is 0 Å². The summed E-state index contributed by atoms with van der Waals surface area (Å²) >= 11 is 3.66. The number of alkyl halides is 1. The van der Waals surface area contributed by atoms with E-state index >= 15 is 0 Å². The maximum atomic E-state index is 5.78. The highest BCUT2D eigenvalue weighted by molar-refractivity contribution is 9.09. The van der Waals surface area contributed by atoms with Gasteiger partial charge in [0.2, 0.25) is 0 Å². The van der Waals surface area contributed by atoms with Gasteiger partial charge in [0.1, 0.15) is 23.0 Å². The molecule has 2 nitrogen and oxygen atoms in total. The number of halogens is 1. The molecule has 0 bridgehead atoms. The van der Waals surface area contributed by atoms with Gasteiger partial charge in [0.15, 0.2) is 0 Å². The third-order valence-electron chi connectivity index (χ3n) is 3.16. The number of para-hydroxylation sites is 1. The molecule has 0 spiro atoms. The van der Waals surface area contributed by atoms with Crippen molar-refractivity contribution in [3.63, 3.8) is 0 Å². The van der Waals surface area contributed by atoms with Gasteiger partial charge in [0, 0.05) is 0 Å². The van der Waals surface area contributed by atoms with Crippen molar-refractivity contribution in [3.8, 4) is 11.5 Å². The average molecular weight is 343 g/mol. The summed E-state index contributed by atoms with van der Waals surface area (Å²) in [6.45, 7) is 1.94. The van der Waals surface area contributed by atoms with Crippen molar-refractivity contribution in [1.82, 2.24) is 0 Å². The van der Waals surface area contributed by atoms with Crippen molar-refractivity contribution in [2.45, 2.75) is 11.8 Å². The van der Waals surface area contributed by atoms with Gasteiger partial charge in [-0.3, -0.25) is 0 Å². The zero-order valence-electron chi connectivity index (χ0n) is 11.6. The molecule has 0 saturated heterocycles. The number of benzene rings is 2. The molecule has 0 aliphatic carbocycles. The van der Waals surface area contributed by atoms with Crippen molar-refractivity contribution in [2.24, 2.45) is 0 Å². The largest absolute Gasteiger partial charge is 0.465 e. The zero-order valence-corrected chi connectivity index (χ0v) is 13.2. The van der Waals surface area contributed by atoms with Crippen molar-refractivity contribution in [2.75, 3.05) is 0 Å². The maximum absolute atomic E-state index is 5.78. The lowest BCUT2D eigenvalue weighted by Crippen LogP contribution is -1.91. The number of ether oxygens (including phenoxy) is 1. The van der Waals surface area contributed by atoms with Crippen molar-refractivity contribution >= 4 is 15.9 Å². The molecule has 1 aromatic heterocycles. The predicted molar refractivity (Wildman–Crippen MR) is 87.2 cm³/mol. The van der Waals surface area contributed by atoms with E-state index in [1.54, 1.807) is 0 Å². The van der Waals surface area contributed by atoms with Crippen molar-refractivity contribution in [1.29, 1.82) is 0 Å². The fourth-order valence-electron chi connectivity index (χ4n) is 2.08. The van der Waals surface area contributed by atoms with Crippen LogP contribution in [0.5, 0.6) is 11.5 Å². The lowest BCUT2D eigenvalue weighted by atomic mass is 10.1. The van der Waals surface area contributed by atoms with Gasteiger partial charge in [-0.05, 0) is 48.9 Å². The zero-order chi connectivity index (χ0) is 14.7. The summed E-state index contributed by atoms with van der Waals surface area (Å²) in [6, 6.07) is 21.7. The molecule has 0 aliphatic rings. The van der Waals surface area contributed by atoms with Gasteiger partial charge in [0.25, 0.3) is 0 Å². The molecule has 0 amide bonds. The summed E-state index contributed by atoms with van der Waals surface area (Å²) in [5.74, 6) is 3.48. The molecule has 1 atom stereocenters. The van der Waals surface area contributed by atoms with Gasteiger partial charge in [-0.25, -0.2) is 0 Å². The molecular formula is C18H15BrO2. The fourth-order valence-corrected chi connectivity index (χ4v) is 2.63. The number of rotatable bonds is 4. The van der Waals surface area contributed by atoms with Gasteiger partial charge in [-0.1, -0.05) is 46.3 Å². The minimum Gasteiger partial charge on any atom is -0.465 e. The van der Waals surface area contributed by atoms with Gasteiger partial charge < -0.3 is 9.15 Å². The van der Waals surface area contributed by atoms with Crippen LogP contribution >= 0.6 is 15.9 Å². The topological polar surface area (TPSA) is 22.4 Å². The van der Waals surface area contributed by atoms with E-state index < -0.39 is 0 Å². The highest BCUT2D eigenvalue weighted by atomic mass is 79.9. The Morgan fingerprint density at radius 2 is 1.52 bits per heavy atom. The van der Waals surface area contributed by atoms with Gasteiger partial charge >= 0.3 is 0 Å². The van der Waals surface area contributed by atoms with Crippen LogP contribution in [-0.2, 0) is 0 Å². The van der Waals surface area contributed by atoms with Crippen LogP contribution in [0.2, 0.25) is 0 Å². The van der Waals surface area contributed by atoms with E-state index in [0.29, 0.717) is 0 Å². The van der Waals surface area contributed by atoms with E-state index in [-0.39, 0.29) is 4.83 Å². The quantitative estimate of drug-likeness (QED) is 0.553. The first-order valence-electron chi connectivity index (χ1n) is 6.75. The molecule has 0 saturated carbocycles. The second kappa shape index (κ2) is 6.19. The molecule has 1 heterocycles. The van der Waals surface area contributed by atoms with Crippen LogP contribution in [0.4, 0.5) is 0 Å². The number of hydrogen-bond donors (Lipinski definition) is 0. The Balaban J connectivity index is 1.75. The highest BCUT2D eigenvalue weighted by Gasteiger charge is 2.13. The minimum absolute atomic E-state index is 0.0528. The SMILES string of the molecule is Cc1ccc(C(Br)c2ccc(Oc3ccccc3)cc2)o1. The molecule has 21 heavy (non-hydrogen) atoms. The second-order valence-corrected chi connectivity index (χ2v) is 5.71. The average Bonchev–Trinajstić information content (AvgIpc) is 2.95. The minimum atomic E-state index is 0.0528. The Hall–Kier alpha value is -2.00. The van der Waals surface area contributed by atoms with Gasteiger partial charge in [-0.15, -0.1) is 0 Å². The number of furan rings is 1. The van der Waals surface area contributed by atoms with Gasteiger partial charge in [0.05, 0.1) is 4.83 Å². The summed E-state index contributed by atoms with van der Waals surface area (Å²) in [5, 5.41) is 0. The van der Waals surface area contributed by atoms with E-state index in [1.165, 1.54) is 0 Å². The lowest BCUT2D eigenvalue weighted by molar-refractivity contribution is 0.481. The van der Waals surface area contributed by atoms with Gasteiger partial charge in [-0.2, -0.15) is 0 Å². The van der Waals surface area contributed by atoms with Crippen LogP contribution in [0.1, 0.15) is 21.9 Å². The van der Waals surface area contributed by atoms with Crippen LogP contribution < -0.4 is 4.74 Å². The summed E-state index contributed by atoms with van der Waals surface area (Å²) in [4.78, 5) is 0.0528. The molecular weight excluding hydrogens is 328 g/mol. The normalized spacial score (nSPS) is 12.1. The first kappa shape index (κ1) is 14.0. The number of aryl methyl sites for hydroxylation is 1. The second-order valence-electron chi connectivity index (χ2n) is 4.80. The first-order chi connectivity index (χ1) is 10.2. The van der Waals surface area contributed by atoms with E-state index in [1.807, 2.05) is 73.7 Å². The van der Waals surface area contributed by atoms with Crippen LogP contribution in [0.25, 0.3) is 0 Å². The monoisotopic (exact) mass is 342 g/mol. The Labute approximate surface area is 132 Å². The fraction of sp³-hybridized carbons (Fsp3) is 0.111. The smallest absolute Gasteiger partial charge is 0.127 e. The molecule has 2 aromatic carbocycles. The Bertz CT molecular complexity index is 702. The Kier molecular flexibility index (Phi) is 4.11. The molecule has 3 heteroatoms. The first-order valence-corrected chi connectivity index (χ1v) is 7.67. The third kappa shape index (κ3) is 3.37. The van der Waals surface area contributed by atoms with Crippen LogP contribution in [0.15, 0.2) is 71.1 Å². The molecule has 0 N–H and O–H groups in total. The molecule has 1 unspecified atom stereocenters. The summed E-state index contributed by atoms with van der Waals surface area (Å²) in [6.07, 6.45) is 0. The van der Waals surface area contributed by atoms with Crippen molar-refractivity contribution in [3.05, 3.63) is 83.8 Å². The van der Waals surface area contributed by atoms with Crippen molar-refractivity contribution < 1.29 is 9.15 Å². The molecule has 0 radical (unpaired) electrons. The molecule has 0 fully saturated rings. The van der Waals surface area contributed by atoms with E-state index in [2.05, 4.69) is 15.9 Å².